The molecule has 0 atom stereocenters. The smallest absolute Gasteiger partial charge is 0.356 e. The molecule has 2 aromatic carbocycles. The van der Waals surface area contributed by atoms with Crippen LogP contribution in [0.15, 0.2) is 48.5 Å². The molecule has 0 aliphatic carbocycles. The fourth-order valence-electron chi connectivity index (χ4n) is 3.74. The predicted molar refractivity (Wildman–Crippen MR) is 110 cm³/mol. The Kier molecular flexibility index (Phi) is 6.09. The van der Waals surface area contributed by atoms with Crippen molar-refractivity contribution < 1.29 is 18.9 Å². The number of aromatic nitrogens is 2. The molecule has 1 fully saturated rings. The van der Waals surface area contributed by atoms with Gasteiger partial charge in [-0.05, 0) is 36.8 Å². The van der Waals surface area contributed by atoms with Gasteiger partial charge in [0.2, 0.25) is 0 Å². The number of H-pyrrole nitrogens is 1. The lowest BCUT2D eigenvalue weighted by atomic mass is 10.2. The molecule has 3 N–H and O–H groups in total. The average molecular weight is 383 g/mol. The molecule has 1 aliphatic rings. The highest BCUT2D eigenvalue weighted by molar-refractivity contribution is 5.72. The number of nitrogens with one attached hydrogen (secondary N) is 3. The van der Waals surface area contributed by atoms with E-state index in [1.165, 1.54) is 11.1 Å². The van der Waals surface area contributed by atoms with Crippen LogP contribution in [0.3, 0.4) is 0 Å². The molecule has 0 radical (unpaired) electrons. The minimum absolute atomic E-state index is 0.692. The summed E-state index contributed by atoms with van der Waals surface area (Å²) in [5.41, 5.74) is 3.63. The number of imidazole rings is 1. The van der Waals surface area contributed by atoms with Crippen LogP contribution in [0.1, 0.15) is 12.5 Å². The van der Waals surface area contributed by atoms with E-state index in [1.807, 2.05) is 19.1 Å². The van der Waals surface area contributed by atoms with Crippen LogP contribution in [0.4, 0.5) is 5.95 Å². The van der Waals surface area contributed by atoms with Gasteiger partial charge in [-0.3, -0.25) is 5.32 Å². The van der Waals surface area contributed by atoms with Crippen molar-refractivity contribution in [1.29, 1.82) is 0 Å². The molecule has 1 saturated heterocycles. The fraction of sp³-hybridized carbons (Fsp3) is 0.409. The number of anilines is 1. The number of hydrogen-bond acceptors (Lipinski definition) is 3. The van der Waals surface area contributed by atoms with E-state index < -0.39 is 0 Å². The van der Waals surface area contributed by atoms with Crippen molar-refractivity contribution in [3.8, 4) is 5.75 Å². The van der Waals surface area contributed by atoms with E-state index >= 15 is 0 Å². The van der Waals surface area contributed by atoms with Crippen LogP contribution in [0.5, 0.6) is 5.75 Å². The molecule has 6 nitrogen and oxygen atoms in total. The van der Waals surface area contributed by atoms with Crippen LogP contribution in [0, 0.1) is 0 Å². The maximum Gasteiger partial charge on any atom is 0.356 e. The van der Waals surface area contributed by atoms with E-state index in [1.54, 1.807) is 4.90 Å². The number of quaternary nitrogens is 1. The molecule has 0 unspecified atom stereocenters. The van der Waals surface area contributed by atoms with E-state index in [9.17, 15) is 0 Å². The number of aromatic amines is 1. The van der Waals surface area contributed by atoms with Gasteiger partial charge >= 0.3 is 5.95 Å². The van der Waals surface area contributed by atoms with Gasteiger partial charge in [-0.1, -0.05) is 24.3 Å². The van der Waals surface area contributed by atoms with E-state index in [0.717, 1.165) is 63.2 Å². The Bertz CT molecular complexity index is 885. The fourth-order valence-corrected chi connectivity index (χ4v) is 3.74. The first-order valence-electron chi connectivity index (χ1n) is 10.2. The van der Waals surface area contributed by atoms with E-state index in [0.29, 0.717) is 6.61 Å². The summed E-state index contributed by atoms with van der Waals surface area (Å²) in [6.45, 7) is 9.48. The van der Waals surface area contributed by atoms with Gasteiger partial charge in [0.25, 0.3) is 0 Å². The normalized spacial score (nSPS) is 15.0. The number of fused-ring (bicyclic) bond motifs is 1. The van der Waals surface area contributed by atoms with Crippen LogP contribution in [0.2, 0.25) is 0 Å². The minimum Gasteiger partial charge on any atom is -0.494 e. The molecule has 0 spiro atoms. The highest BCUT2D eigenvalue weighted by Crippen LogP contribution is 2.15. The van der Waals surface area contributed by atoms with Gasteiger partial charge in [0.1, 0.15) is 43.0 Å². The van der Waals surface area contributed by atoms with Crippen molar-refractivity contribution in [3.63, 3.8) is 0 Å². The monoisotopic (exact) mass is 382 g/mol. The van der Waals surface area contributed by atoms with E-state index in [2.05, 4.69) is 51.3 Å². The molecule has 2 heterocycles. The molecule has 6 heteroatoms. The van der Waals surface area contributed by atoms with Crippen LogP contribution in [-0.2, 0) is 17.8 Å². The second-order valence-corrected chi connectivity index (χ2v) is 7.19. The third kappa shape index (κ3) is 4.46. The highest BCUT2D eigenvalue weighted by atomic mass is 16.5. The van der Waals surface area contributed by atoms with Gasteiger partial charge in [0.05, 0.1) is 26.4 Å². The zero-order valence-electron chi connectivity index (χ0n) is 16.5. The highest BCUT2D eigenvalue weighted by Gasteiger charge is 2.20. The van der Waals surface area contributed by atoms with Gasteiger partial charge in [0, 0.05) is 0 Å². The molecule has 4 rings (SSSR count). The van der Waals surface area contributed by atoms with Crippen molar-refractivity contribution in [2.75, 3.05) is 44.8 Å². The first kappa shape index (κ1) is 18.8. The largest absolute Gasteiger partial charge is 0.494 e. The molecule has 28 heavy (non-hydrogen) atoms. The summed E-state index contributed by atoms with van der Waals surface area (Å²) in [7, 11) is 0. The summed E-state index contributed by atoms with van der Waals surface area (Å²) in [5, 5.41) is 3.59. The van der Waals surface area contributed by atoms with Crippen molar-refractivity contribution >= 4 is 17.0 Å². The SMILES string of the molecule is CCOc1ccc(CNc2[nH]c3ccccc3[n+]2CC[NH+]2CCOCC2)cc1. The summed E-state index contributed by atoms with van der Waals surface area (Å²) in [5.74, 6) is 1.98. The molecule has 148 valence electrons. The summed E-state index contributed by atoms with van der Waals surface area (Å²) in [6.07, 6.45) is 0. The lowest BCUT2D eigenvalue weighted by Gasteiger charge is -2.23. The Morgan fingerprint density at radius 1 is 1.11 bits per heavy atom. The van der Waals surface area contributed by atoms with Crippen molar-refractivity contribution in [2.24, 2.45) is 0 Å². The first-order chi connectivity index (χ1) is 13.8. The number of benzene rings is 2. The van der Waals surface area contributed by atoms with Crippen molar-refractivity contribution in [3.05, 3.63) is 54.1 Å². The first-order valence-corrected chi connectivity index (χ1v) is 10.2. The molecule has 0 bridgehead atoms. The van der Waals surface area contributed by atoms with Gasteiger partial charge in [-0.25, -0.2) is 9.55 Å². The molecule has 0 saturated carbocycles. The standard InChI is InChI=1S/C22H28N4O2/c1-2-28-19-9-7-18(8-10-19)17-23-22-24-20-5-3-4-6-21(20)26(22)12-11-25-13-15-27-16-14-25/h3-10H,2,11-17H2,1H3,(H,23,24)/p+2. The zero-order valence-corrected chi connectivity index (χ0v) is 16.5. The Morgan fingerprint density at radius 3 is 2.68 bits per heavy atom. The second-order valence-electron chi connectivity index (χ2n) is 7.19. The molecular formula is C22H30N4O2+2. The van der Waals surface area contributed by atoms with Crippen LogP contribution in [0.25, 0.3) is 11.0 Å². The molecular weight excluding hydrogens is 352 g/mol. The van der Waals surface area contributed by atoms with Gasteiger partial charge in [0.15, 0.2) is 0 Å². The number of para-hydroxylation sites is 2. The maximum absolute atomic E-state index is 5.53. The maximum atomic E-state index is 5.53. The van der Waals surface area contributed by atoms with Gasteiger partial charge in [-0.15, -0.1) is 0 Å². The third-order valence-electron chi connectivity index (χ3n) is 5.30. The van der Waals surface area contributed by atoms with Crippen LogP contribution < -0.4 is 19.5 Å². The second kappa shape index (κ2) is 9.08. The number of ether oxygens (including phenoxy) is 2. The molecule has 1 aliphatic heterocycles. The van der Waals surface area contributed by atoms with Gasteiger partial charge < -0.3 is 14.4 Å². The Hall–Kier alpha value is -2.57. The Balaban J connectivity index is 1.47. The summed E-state index contributed by atoms with van der Waals surface area (Å²) in [4.78, 5) is 5.16. The lowest BCUT2D eigenvalue weighted by molar-refractivity contribution is -0.923. The quantitative estimate of drug-likeness (QED) is 0.516. The predicted octanol–water partition coefficient (Wildman–Crippen LogP) is 1.38. The molecule has 1 aromatic heterocycles. The minimum atomic E-state index is 0.692. The lowest BCUT2D eigenvalue weighted by Crippen LogP contribution is -3.14. The van der Waals surface area contributed by atoms with E-state index in [4.69, 9.17) is 9.47 Å². The number of rotatable bonds is 8. The summed E-state index contributed by atoms with van der Waals surface area (Å²) in [6, 6.07) is 16.8. The number of morpholine rings is 1. The Labute approximate surface area is 166 Å². The third-order valence-corrected chi connectivity index (χ3v) is 5.30. The molecule has 0 amide bonds. The number of nitrogens with zero attached hydrogens (tertiary/aromatic N) is 1. The summed E-state index contributed by atoms with van der Waals surface area (Å²) < 4.78 is 13.4. The van der Waals surface area contributed by atoms with Crippen molar-refractivity contribution in [1.82, 2.24) is 4.98 Å². The number of hydrogen-bond donors (Lipinski definition) is 3. The summed E-state index contributed by atoms with van der Waals surface area (Å²) >= 11 is 0. The molecule has 3 aromatic rings. The Morgan fingerprint density at radius 2 is 1.89 bits per heavy atom. The van der Waals surface area contributed by atoms with Crippen LogP contribution >= 0.6 is 0 Å². The zero-order chi connectivity index (χ0) is 19.2. The van der Waals surface area contributed by atoms with Crippen molar-refractivity contribution in [2.45, 2.75) is 20.0 Å². The van der Waals surface area contributed by atoms with Crippen LogP contribution in [-0.4, -0.2) is 44.4 Å². The van der Waals surface area contributed by atoms with Gasteiger partial charge in [-0.2, -0.15) is 0 Å². The average Bonchev–Trinajstić information content (AvgIpc) is 3.10. The topological polar surface area (TPSA) is 54.6 Å². The van der Waals surface area contributed by atoms with E-state index in [-0.39, 0.29) is 0 Å².